The van der Waals surface area contributed by atoms with Crippen molar-refractivity contribution in [3.05, 3.63) is 30.1 Å². The van der Waals surface area contributed by atoms with Gasteiger partial charge in [-0.1, -0.05) is 12.1 Å². The Morgan fingerprint density at radius 2 is 1.83 bits per heavy atom. The zero-order valence-corrected chi connectivity index (χ0v) is 11.5. The van der Waals surface area contributed by atoms with Gasteiger partial charge in [0.2, 0.25) is 11.7 Å². The van der Waals surface area contributed by atoms with Crippen molar-refractivity contribution in [1.82, 2.24) is 15.3 Å². The Labute approximate surface area is 127 Å². The zero-order valence-electron chi connectivity index (χ0n) is 11.5. The van der Waals surface area contributed by atoms with E-state index in [-0.39, 0.29) is 11.3 Å². The van der Waals surface area contributed by atoms with Crippen LogP contribution in [0.2, 0.25) is 0 Å². The van der Waals surface area contributed by atoms with Crippen LogP contribution in [0.15, 0.2) is 24.3 Å². The number of alkyl halides is 3. The highest BCUT2D eigenvalue weighted by molar-refractivity contribution is 5.91. The van der Waals surface area contributed by atoms with Crippen LogP contribution in [0.1, 0.15) is 5.82 Å². The van der Waals surface area contributed by atoms with E-state index in [0.717, 1.165) is 0 Å². The van der Waals surface area contributed by atoms with Gasteiger partial charge in [0.1, 0.15) is 12.4 Å². The fourth-order valence-electron chi connectivity index (χ4n) is 1.74. The van der Waals surface area contributed by atoms with E-state index < -0.39 is 37.0 Å². The van der Waals surface area contributed by atoms with Gasteiger partial charge in [0.15, 0.2) is 0 Å². The Balaban J connectivity index is 2.25. The number of fused-ring (bicyclic) bond motifs is 1. The summed E-state index contributed by atoms with van der Waals surface area (Å²) < 4.78 is 38.4. The number of hydrogen-bond donors (Lipinski definition) is 3. The van der Waals surface area contributed by atoms with Gasteiger partial charge in [-0.3, -0.25) is 9.59 Å². The summed E-state index contributed by atoms with van der Waals surface area (Å²) in [6, 6.07) is 6.02. The van der Waals surface area contributed by atoms with E-state index in [1.54, 1.807) is 6.07 Å². The molecular formula is C13H11F3N4O3. The number of carboxylic acid groups (broad SMARTS) is 1. The van der Waals surface area contributed by atoms with Crippen LogP contribution in [0.5, 0.6) is 0 Å². The molecule has 1 amide bonds. The molecule has 7 nitrogen and oxygen atoms in total. The average Bonchev–Trinajstić information content (AvgIpc) is 2.49. The summed E-state index contributed by atoms with van der Waals surface area (Å²) in [6.07, 6.45) is -4.73. The number of anilines is 1. The second-order valence-corrected chi connectivity index (χ2v) is 4.43. The summed E-state index contributed by atoms with van der Waals surface area (Å²) in [4.78, 5) is 28.6. The van der Waals surface area contributed by atoms with Crippen LogP contribution in [0, 0.1) is 0 Å². The van der Waals surface area contributed by atoms with Gasteiger partial charge in [0.05, 0.1) is 12.1 Å². The van der Waals surface area contributed by atoms with Crippen LogP contribution in [-0.2, 0) is 15.8 Å². The third-order valence-electron chi connectivity index (χ3n) is 2.71. The second kappa shape index (κ2) is 6.46. The SMILES string of the molecule is O=C(O)CNC(=O)CNc1nc(C(F)(F)F)nc2ccccc12. The lowest BCUT2D eigenvalue weighted by Gasteiger charge is -2.12. The van der Waals surface area contributed by atoms with Gasteiger partial charge in [-0.15, -0.1) is 0 Å². The van der Waals surface area contributed by atoms with Crippen molar-refractivity contribution in [2.24, 2.45) is 0 Å². The lowest BCUT2D eigenvalue weighted by molar-refractivity contribution is -0.144. The lowest BCUT2D eigenvalue weighted by Crippen LogP contribution is -2.34. The first kappa shape index (κ1) is 16.5. The van der Waals surface area contributed by atoms with Crippen LogP contribution < -0.4 is 10.6 Å². The van der Waals surface area contributed by atoms with Crippen molar-refractivity contribution in [2.75, 3.05) is 18.4 Å². The first-order valence-corrected chi connectivity index (χ1v) is 6.33. The maximum Gasteiger partial charge on any atom is 0.451 e. The molecule has 0 fully saturated rings. The fraction of sp³-hybridized carbons (Fsp3) is 0.231. The smallest absolute Gasteiger partial charge is 0.451 e. The van der Waals surface area contributed by atoms with Crippen LogP contribution in [0.3, 0.4) is 0 Å². The second-order valence-electron chi connectivity index (χ2n) is 4.43. The lowest BCUT2D eigenvalue weighted by atomic mass is 10.2. The summed E-state index contributed by atoms with van der Waals surface area (Å²) in [5.74, 6) is -3.41. The Hall–Kier alpha value is -2.91. The number of amides is 1. The number of hydrogen-bond acceptors (Lipinski definition) is 5. The molecule has 2 aromatic rings. The van der Waals surface area contributed by atoms with Crippen LogP contribution in [0.25, 0.3) is 10.9 Å². The number of nitrogens with one attached hydrogen (secondary N) is 2. The van der Waals surface area contributed by atoms with E-state index in [1.807, 2.05) is 0 Å². The predicted molar refractivity (Wildman–Crippen MR) is 73.7 cm³/mol. The monoisotopic (exact) mass is 328 g/mol. The molecule has 0 unspecified atom stereocenters. The summed E-state index contributed by atoms with van der Waals surface area (Å²) in [7, 11) is 0. The molecule has 10 heteroatoms. The number of para-hydroxylation sites is 1. The van der Waals surface area contributed by atoms with Crippen LogP contribution in [-0.4, -0.2) is 40.0 Å². The van der Waals surface area contributed by atoms with E-state index in [2.05, 4.69) is 20.6 Å². The van der Waals surface area contributed by atoms with E-state index in [4.69, 9.17) is 5.11 Å². The molecule has 1 aromatic carbocycles. The third-order valence-corrected chi connectivity index (χ3v) is 2.71. The molecule has 0 bridgehead atoms. The quantitative estimate of drug-likeness (QED) is 0.763. The van der Waals surface area contributed by atoms with Gasteiger partial charge in [-0.25, -0.2) is 9.97 Å². The maximum absolute atomic E-state index is 12.8. The minimum atomic E-state index is -4.73. The first-order chi connectivity index (χ1) is 10.8. The Morgan fingerprint density at radius 3 is 2.48 bits per heavy atom. The Morgan fingerprint density at radius 1 is 1.13 bits per heavy atom. The molecule has 0 spiro atoms. The largest absolute Gasteiger partial charge is 0.480 e. The number of aliphatic carboxylic acids is 1. The highest BCUT2D eigenvalue weighted by atomic mass is 19.4. The van der Waals surface area contributed by atoms with Gasteiger partial charge in [0.25, 0.3) is 0 Å². The van der Waals surface area contributed by atoms with E-state index in [1.165, 1.54) is 18.2 Å². The number of halogens is 3. The maximum atomic E-state index is 12.8. The van der Waals surface area contributed by atoms with E-state index in [9.17, 15) is 22.8 Å². The zero-order chi connectivity index (χ0) is 17.0. The third kappa shape index (κ3) is 4.28. The molecule has 0 radical (unpaired) electrons. The van der Waals surface area contributed by atoms with Crippen molar-refractivity contribution in [2.45, 2.75) is 6.18 Å². The van der Waals surface area contributed by atoms with E-state index >= 15 is 0 Å². The molecule has 122 valence electrons. The molecule has 0 saturated heterocycles. The van der Waals surface area contributed by atoms with Crippen LogP contribution >= 0.6 is 0 Å². The van der Waals surface area contributed by atoms with Gasteiger partial charge < -0.3 is 15.7 Å². The average molecular weight is 328 g/mol. The fourth-order valence-corrected chi connectivity index (χ4v) is 1.74. The van der Waals surface area contributed by atoms with Crippen molar-refractivity contribution in [3.63, 3.8) is 0 Å². The highest BCUT2D eigenvalue weighted by Crippen LogP contribution is 2.30. The van der Waals surface area contributed by atoms with E-state index in [0.29, 0.717) is 5.39 Å². The van der Waals surface area contributed by atoms with Gasteiger partial charge in [0, 0.05) is 5.39 Å². The molecule has 0 aliphatic carbocycles. The first-order valence-electron chi connectivity index (χ1n) is 6.33. The van der Waals surface area contributed by atoms with Gasteiger partial charge in [-0.2, -0.15) is 13.2 Å². The topological polar surface area (TPSA) is 104 Å². The molecule has 1 heterocycles. The van der Waals surface area contributed by atoms with Crippen molar-refractivity contribution in [3.8, 4) is 0 Å². The number of rotatable bonds is 5. The predicted octanol–water partition coefficient (Wildman–Crippen LogP) is 1.26. The Kier molecular flexibility index (Phi) is 4.63. The van der Waals surface area contributed by atoms with Gasteiger partial charge in [-0.05, 0) is 12.1 Å². The summed E-state index contributed by atoms with van der Waals surface area (Å²) in [5.41, 5.74) is 0.0725. The molecule has 0 atom stereocenters. The molecule has 0 aliphatic heterocycles. The summed E-state index contributed by atoms with van der Waals surface area (Å²) in [6.45, 7) is -1.01. The number of benzene rings is 1. The number of carbonyl (C=O) groups excluding carboxylic acids is 1. The summed E-state index contributed by atoms with van der Waals surface area (Å²) >= 11 is 0. The molecule has 23 heavy (non-hydrogen) atoms. The molecule has 2 rings (SSSR count). The minimum absolute atomic E-state index is 0.0725. The molecule has 3 N–H and O–H groups in total. The summed E-state index contributed by atoms with van der Waals surface area (Å²) in [5, 5.41) is 13.3. The number of carbonyl (C=O) groups is 2. The highest BCUT2D eigenvalue weighted by Gasteiger charge is 2.35. The van der Waals surface area contributed by atoms with Crippen molar-refractivity contribution < 1.29 is 27.9 Å². The standard InChI is InChI=1S/C13H11F3N4O3/c14-13(15,16)12-19-8-4-2-1-3-7(8)11(20-12)18-5-9(21)17-6-10(22)23/h1-4H,5-6H2,(H,17,21)(H,22,23)(H,18,19,20). The van der Waals surface area contributed by atoms with Crippen molar-refractivity contribution in [1.29, 1.82) is 0 Å². The minimum Gasteiger partial charge on any atom is -0.480 e. The van der Waals surface area contributed by atoms with Crippen molar-refractivity contribution >= 4 is 28.6 Å². The molecular weight excluding hydrogens is 317 g/mol. The molecule has 1 aromatic heterocycles. The molecule has 0 saturated carbocycles. The molecule has 0 aliphatic rings. The normalized spacial score (nSPS) is 11.3. The Bertz CT molecular complexity index is 749. The number of carboxylic acids is 1. The van der Waals surface area contributed by atoms with Crippen LogP contribution in [0.4, 0.5) is 19.0 Å². The van der Waals surface area contributed by atoms with Gasteiger partial charge >= 0.3 is 12.1 Å². The number of nitrogens with zero attached hydrogens (tertiary/aromatic N) is 2. The number of aromatic nitrogens is 2.